The Labute approximate surface area is 151 Å². The predicted molar refractivity (Wildman–Crippen MR) is 110 cm³/mol. The predicted octanol–water partition coefficient (Wildman–Crippen LogP) is 8.47. The summed E-state index contributed by atoms with van der Waals surface area (Å²) < 4.78 is 0. The van der Waals surface area contributed by atoms with E-state index in [1.807, 2.05) is 0 Å². The van der Waals surface area contributed by atoms with Crippen molar-refractivity contribution in [1.82, 2.24) is 0 Å². The van der Waals surface area contributed by atoms with Crippen LogP contribution in [0.1, 0.15) is 103 Å². The number of allylic oxidation sites excluding steroid dienone is 8. The van der Waals surface area contributed by atoms with Gasteiger partial charge in [0.05, 0.1) is 0 Å². The lowest BCUT2D eigenvalue weighted by atomic mass is 10.1. The molecule has 0 aromatic carbocycles. The second-order valence-electron chi connectivity index (χ2n) is 7.02. The minimum absolute atomic E-state index is 1.26. The third-order valence-electron chi connectivity index (χ3n) is 4.63. The van der Waals surface area contributed by atoms with Crippen molar-refractivity contribution >= 4 is 0 Å². The van der Waals surface area contributed by atoms with Crippen molar-refractivity contribution < 1.29 is 0 Å². The van der Waals surface area contributed by atoms with E-state index >= 15 is 0 Å². The first-order chi connectivity index (χ1) is 12.0. The highest BCUT2D eigenvalue weighted by Gasteiger charge is 1.88. The minimum Gasteiger partial charge on any atom is -0.0885 e. The summed E-state index contributed by atoms with van der Waals surface area (Å²) in [6, 6.07) is 0. The van der Waals surface area contributed by atoms with Crippen molar-refractivity contribution in [2.24, 2.45) is 0 Å². The lowest BCUT2D eigenvalue weighted by Gasteiger charge is -1.97. The summed E-state index contributed by atoms with van der Waals surface area (Å²) >= 11 is 0. The molecular formula is C24H40. The van der Waals surface area contributed by atoms with E-state index in [0.717, 1.165) is 0 Å². The fraction of sp³-hybridized carbons (Fsp3) is 0.667. The molecule has 1 aliphatic carbocycles. The molecule has 0 saturated heterocycles. The first kappa shape index (κ1) is 21.0. The Hall–Kier alpha value is -1.04. The fourth-order valence-corrected chi connectivity index (χ4v) is 3.04. The smallest absolute Gasteiger partial charge is 0.0351 e. The fourth-order valence-electron chi connectivity index (χ4n) is 3.04. The van der Waals surface area contributed by atoms with Crippen LogP contribution in [-0.2, 0) is 0 Å². The van der Waals surface area contributed by atoms with Gasteiger partial charge >= 0.3 is 0 Å². The Morgan fingerprint density at radius 2 is 0.333 bits per heavy atom. The number of hydrogen-bond acceptors (Lipinski definition) is 0. The molecule has 0 spiro atoms. The van der Waals surface area contributed by atoms with Crippen molar-refractivity contribution in [3.05, 3.63) is 48.6 Å². The second kappa shape index (κ2) is 18.3. The van der Waals surface area contributed by atoms with E-state index in [-0.39, 0.29) is 0 Å². The lowest BCUT2D eigenvalue weighted by molar-refractivity contribution is 0.730. The monoisotopic (exact) mass is 328 g/mol. The molecule has 1 rings (SSSR count). The van der Waals surface area contributed by atoms with Crippen LogP contribution in [0.3, 0.4) is 0 Å². The van der Waals surface area contributed by atoms with Gasteiger partial charge < -0.3 is 0 Å². The van der Waals surface area contributed by atoms with Crippen LogP contribution < -0.4 is 0 Å². The van der Waals surface area contributed by atoms with E-state index in [4.69, 9.17) is 0 Å². The Bertz CT molecular complexity index is 252. The summed E-state index contributed by atoms with van der Waals surface area (Å²) in [5.74, 6) is 0. The Kier molecular flexibility index (Phi) is 16.0. The standard InChI is InChI=1S/C24H40/c1-2-4-6-8-10-12-14-16-18-20-22-24-23-21-19-17-15-13-11-9-7-5-3-1/h1-2,11-14,23-24H,3-10,15-22H2/b2-1-,13-11-,14-12-,24-23-. The largest absolute Gasteiger partial charge is 0.0885 e. The van der Waals surface area contributed by atoms with Gasteiger partial charge in [-0.3, -0.25) is 0 Å². The Balaban J connectivity index is 2.18. The normalized spacial score (nSPS) is 26.7. The molecule has 0 aromatic heterocycles. The highest BCUT2D eigenvalue weighted by molar-refractivity contribution is 4.86. The SMILES string of the molecule is C1=C\CCCC/C=C\CCCC/C=C\CCCC/C=C\CCCC/1. The molecule has 0 amide bonds. The van der Waals surface area contributed by atoms with Crippen LogP contribution in [-0.4, -0.2) is 0 Å². The van der Waals surface area contributed by atoms with E-state index in [0.29, 0.717) is 0 Å². The Morgan fingerprint density at radius 3 is 0.458 bits per heavy atom. The molecule has 0 N–H and O–H groups in total. The van der Waals surface area contributed by atoms with Crippen LogP contribution in [0.5, 0.6) is 0 Å². The molecule has 1 aliphatic rings. The third kappa shape index (κ3) is 15.8. The van der Waals surface area contributed by atoms with Gasteiger partial charge in [-0.2, -0.15) is 0 Å². The van der Waals surface area contributed by atoms with Crippen LogP contribution in [0.2, 0.25) is 0 Å². The highest BCUT2D eigenvalue weighted by Crippen LogP contribution is 2.08. The molecule has 0 aliphatic heterocycles. The summed E-state index contributed by atoms with van der Waals surface area (Å²) in [7, 11) is 0. The molecule has 0 unspecified atom stereocenters. The maximum atomic E-state index is 2.39. The van der Waals surface area contributed by atoms with Crippen LogP contribution >= 0.6 is 0 Å². The maximum absolute atomic E-state index is 2.39. The summed E-state index contributed by atoms with van der Waals surface area (Å²) in [6.07, 6.45) is 40.0. The molecule has 0 fully saturated rings. The minimum atomic E-state index is 1.26. The summed E-state index contributed by atoms with van der Waals surface area (Å²) in [6.45, 7) is 0. The van der Waals surface area contributed by atoms with Gasteiger partial charge in [0.25, 0.3) is 0 Å². The molecule has 24 heavy (non-hydrogen) atoms. The number of rotatable bonds is 0. The van der Waals surface area contributed by atoms with Crippen molar-refractivity contribution in [1.29, 1.82) is 0 Å². The zero-order chi connectivity index (χ0) is 17.0. The van der Waals surface area contributed by atoms with Crippen molar-refractivity contribution in [2.45, 2.75) is 103 Å². The highest BCUT2D eigenvalue weighted by atomic mass is 13.9. The van der Waals surface area contributed by atoms with E-state index in [1.54, 1.807) is 0 Å². The molecule has 0 aromatic rings. The topological polar surface area (TPSA) is 0 Å². The summed E-state index contributed by atoms with van der Waals surface area (Å²) in [4.78, 5) is 0. The van der Waals surface area contributed by atoms with Gasteiger partial charge in [-0.1, -0.05) is 48.6 Å². The van der Waals surface area contributed by atoms with Crippen LogP contribution in [0.15, 0.2) is 48.6 Å². The first-order valence-electron chi connectivity index (χ1n) is 10.6. The van der Waals surface area contributed by atoms with Crippen LogP contribution in [0.25, 0.3) is 0 Å². The zero-order valence-corrected chi connectivity index (χ0v) is 15.9. The van der Waals surface area contributed by atoms with Crippen molar-refractivity contribution in [2.75, 3.05) is 0 Å². The zero-order valence-electron chi connectivity index (χ0n) is 15.9. The van der Waals surface area contributed by atoms with Crippen LogP contribution in [0.4, 0.5) is 0 Å². The summed E-state index contributed by atoms with van der Waals surface area (Å²) in [5.41, 5.74) is 0. The van der Waals surface area contributed by atoms with E-state index in [2.05, 4.69) is 48.6 Å². The molecule has 0 heteroatoms. The molecule has 0 atom stereocenters. The maximum Gasteiger partial charge on any atom is -0.0351 e. The van der Waals surface area contributed by atoms with Gasteiger partial charge in [-0.25, -0.2) is 0 Å². The molecular weight excluding hydrogens is 288 g/mol. The summed E-state index contributed by atoms with van der Waals surface area (Å²) in [5, 5.41) is 0. The quantitative estimate of drug-likeness (QED) is 0.391. The van der Waals surface area contributed by atoms with Gasteiger partial charge in [0.15, 0.2) is 0 Å². The van der Waals surface area contributed by atoms with Gasteiger partial charge in [0, 0.05) is 0 Å². The first-order valence-corrected chi connectivity index (χ1v) is 10.6. The van der Waals surface area contributed by atoms with Crippen molar-refractivity contribution in [3.63, 3.8) is 0 Å². The molecule has 0 radical (unpaired) electrons. The van der Waals surface area contributed by atoms with E-state index in [9.17, 15) is 0 Å². The van der Waals surface area contributed by atoms with Gasteiger partial charge in [0.1, 0.15) is 0 Å². The molecule has 0 nitrogen and oxygen atoms in total. The average Bonchev–Trinajstić information content (AvgIpc) is 2.59. The van der Waals surface area contributed by atoms with Crippen molar-refractivity contribution in [3.8, 4) is 0 Å². The van der Waals surface area contributed by atoms with Gasteiger partial charge in [0.2, 0.25) is 0 Å². The molecule has 0 bridgehead atoms. The molecule has 0 heterocycles. The average molecular weight is 329 g/mol. The van der Waals surface area contributed by atoms with E-state index < -0.39 is 0 Å². The second-order valence-corrected chi connectivity index (χ2v) is 7.02. The van der Waals surface area contributed by atoms with E-state index in [1.165, 1.54) is 103 Å². The Morgan fingerprint density at radius 1 is 0.208 bits per heavy atom. The number of hydrogen-bond donors (Lipinski definition) is 0. The third-order valence-corrected chi connectivity index (χ3v) is 4.63. The van der Waals surface area contributed by atoms with Gasteiger partial charge in [-0.05, 0) is 103 Å². The molecule has 136 valence electrons. The van der Waals surface area contributed by atoms with Crippen LogP contribution in [0, 0.1) is 0 Å². The van der Waals surface area contributed by atoms with Gasteiger partial charge in [-0.15, -0.1) is 0 Å². The molecule has 0 saturated carbocycles. The lowest BCUT2D eigenvalue weighted by Crippen LogP contribution is -1.77.